The highest BCUT2D eigenvalue weighted by molar-refractivity contribution is 7.25. The lowest BCUT2D eigenvalue weighted by atomic mass is 9.61. The minimum atomic E-state index is 0.0357. The lowest BCUT2D eigenvalue weighted by Crippen LogP contribution is -2.27. The van der Waals surface area contributed by atoms with Crippen LogP contribution in [-0.4, -0.2) is 29.9 Å². The Bertz CT molecular complexity index is 3530. The molecule has 0 spiro atoms. The molecule has 63 heavy (non-hydrogen) atoms. The maximum atomic E-state index is 5.23. The van der Waals surface area contributed by atoms with Crippen LogP contribution < -0.4 is 0 Å². The molecule has 0 saturated heterocycles. The summed E-state index contributed by atoms with van der Waals surface area (Å²) in [5, 5.41) is 2.52. The third-order valence-electron chi connectivity index (χ3n) is 12.6. The van der Waals surface area contributed by atoms with Crippen LogP contribution in [0, 0.1) is 0 Å². The van der Waals surface area contributed by atoms with Crippen molar-refractivity contribution < 1.29 is 0 Å². The van der Waals surface area contributed by atoms with Gasteiger partial charge in [-0.15, -0.1) is 11.3 Å². The van der Waals surface area contributed by atoms with Gasteiger partial charge < -0.3 is 0 Å². The fourth-order valence-electron chi connectivity index (χ4n) is 9.65. The second-order valence-electron chi connectivity index (χ2n) is 16.2. The topological polar surface area (TPSA) is 77.3 Å². The molecule has 3 aromatic heterocycles. The van der Waals surface area contributed by atoms with Gasteiger partial charge in [-0.3, -0.25) is 0 Å². The molecule has 2 atom stereocenters. The molecule has 14 rings (SSSR count). The van der Waals surface area contributed by atoms with E-state index in [0.717, 1.165) is 33.4 Å². The van der Waals surface area contributed by atoms with Crippen LogP contribution in [0.15, 0.2) is 194 Å². The summed E-state index contributed by atoms with van der Waals surface area (Å²) >= 11 is 1.80. The summed E-state index contributed by atoms with van der Waals surface area (Å²) in [6.07, 6.45) is 0. The highest BCUT2D eigenvalue weighted by Gasteiger charge is 2.41. The third-order valence-corrected chi connectivity index (χ3v) is 13.7. The van der Waals surface area contributed by atoms with Crippen molar-refractivity contribution in [2.24, 2.45) is 0 Å². The SMILES string of the molecule is c1ccc(-c2nc(-c3ccccc3)nc(-c3ccc4c(c3)C3c5ccccc5C4c4cc(-c5nc(-c6ccccc6)nc(-c6ccc7c(c6)sc6ccccc67)n5)ccc43)n2)cc1. The number of hydrogen-bond acceptors (Lipinski definition) is 7. The molecule has 6 nitrogen and oxygen atoms in total. The van der Waals surface area contributed by atoms with Crippen LogP contribution in [0.3, 0.4) is 0 Å². The summed E-state index contributed by atoms with van der Waals surface area (Å²) in [6, 6.07) is 68.2. The van der Waals surface area contributed by atoms with Crippen LogP contribution in [0.1, 0.15) is 45.2 Å². The van der Waals surface area contributed by atoms with E-state index in [-0.39, 0.29) is 11.8 Å². The number of nitrogens with zero attached hydrogens (tertiary/aromatic N) is 6. The van der Waals surface area contributed by atoms with Crippen LogP contribution in [0.2, 0.25) is 0 Å². The van der Waals surface area contributed by atoms with E-state index in [0.29, 0.717) is 34.9 Å². The molecule has 0 N–H and O–H groups in total. The second-order valence-corrected chi connectivity index (χ2v) is 17.3. The number of hydrogen-bond donors (Lipinski definition) is 0. The maximum absolute atomic E-state index is 5.23. The molecule has 294 valence electrons. The number of aromatic nitrogens is 6. The monoisotopic (exact) mass is 822 g/mol. The first-order valence-corrected chi connectivity index (χ1v) is 22.0. The van der Waals surface area contributed by atoms with Crippen molar-refractivity contribution in [1.82, 2.24) is 29.9 Å². The Kier molecular flexibility index (Phi) is 8.11. The molecule has 8 aromatic carbocycles. The molecule has 3 aliphatic carbocycles. The first-order chi connectivity index (χ1) is 31.2. The highest BCUT2D eigenvalue weighted by atomic mass is 32.1. The van der Waals surface area contributed by atoms with Crippen LogP contribution in [0.25, 0.3) is 88.5 Å². The Morgan fingerprint density at radius 2 is 0.603 bits per heavy atom. The fraction of sp³-hybridized carbons (Fsp3) is 0.0357. The predicted molar refractivity (Wildman–Crippen MR) is 253 cm³/mol. The van der Waals surface area contributed by atoms with Crippen molar-refractivity contribution in [3.05, 3.63) is 228 Å². The lowest BCUT2D eigenvalue weighted by Gasteiger charge is -2.42. The van der Waals surface area contributed by atoms with Crippen LogP contribution in [-0.2, 0) is 0 Å². The summed E-state index contributed by atoms with van der Waals surface area (Å²) in [7, 11) is 0. The summed E-state index contributed by atoms with van der Waals surface area (Å²) < 4.78 is 2.49. The quantitative estimate of drug-likeness (QED) is 0.166. The van der Waals surface area contributed by atoms with Crippen LogP contribution in [0.5, 0.6) is 0 Å². The highest BCUT2D eigenvalue weighted by Crippen LogP contribution is 2.56. The minimum Gasteiger partial charge on any atom is -0.208 e. The van der Waals surface area contributed by atoms with Crippen molar-refractivity contribution in [3.8, 4) is 68.3 Å². The van der Waals surface area contributed by atoms with Gasteiger partial charge in [0.05, 0.1) is 0 Å². The van der Waals surface area contributed by atoms with E-state index >= 15 is 0 Å². The first kappa shape index (κ1) is 35.7. The van der Waals surface area contributed by atoms with Crippen molar-refractivity contribution in [2.45, 2.75) is 11.8 Å². The van der Waals surface area contributed by atoms with E-state index in [2.05, 4.69) is 115 Å². The molecular weight excluding hydrogens is 789 g/mol. The average molecular weight is 823 g/mol. The van der Waals surface area contributed by atoms with E-state index in [4.69, 9.17) is 29.9 Å². The standard InChI is InChI=1S/C56H34N6S/c1-4-14-33(15-5-1)51-57-52(34-16-6-2-7-17-34)59-54(58-51)36-25-28-43-45(30-36)49-41-21-10-11-22-42(41)50(43)46-31-37(26-29-44(46)49)55-60-53(35-18-8-3-9-19-35)61-56(62-55)38-24-27-40-39-20-12-13-23-47(39)63-48(40)32-38/h1-32,49-50H. The zero-order valence-corrected chi connectivity index (χ0v) is 34.5. The van der Waals surface area contributed by atoms with Gasteiger partial charge in [-0.25, -0.2) is 29.9 Å². The Labute approximate surface area is 367 Å². The average Bonchev–Trinajstić information content (AvgIpc) is 3.74. The van der Waals surface area contributed by atoms with Crippen molar-refractivity contribution in [3.63, 3.8) is 0 Å². The van der Waals surface area contributed by atoms with Gasteiger partial charge in [-0.05, 0) is 57.6 Å². The Morgan fingerprint density at radius 3 is 1.08 bits per heavy atom. The molecule has 0 amide bonds. The molecule has 11 aromatic rings. The lowest BCUT2D eigenvalue weighted by molar-refractivity contribution is 0.754. The zero-order chi connectivity index (χ0) is 41.4. The first-order valence-electron chi connectivity index (χ1n) is 21.2. The Hall–Kier alpha value is -8.00. The van der Waals surface area contributed by atoms with Gasteiger partial charge in [0.15, 0.2) is 34.9 Å². The van der Waals surface area contributed by atoms with E-state index in [1.54, 1.807) is 11.3 Å². The van der Waals surface area contributed by atoms with Crippen molar-refractivity contribution in [1.29, 1.82) is 0 Å². The normalized spacial score (nSPS) is 14.7. The van der Waals surface area contributed by atoms with E-state index in [1.165, 1.54) is 53.6 Å². The smallest absolute Gasteiger partial charge is 0.164 e. The van der Waals surface area contributed by atoms with E-state index in [1.807, 2.05) is 78.9 Å². The van der Waals surface area contributed by atoms with Gasteiger partial charge in [0, 0.05) is 65.4 Å². The summed E-state index contributed by atoms with van der Waals surface area (Å²) in [5.41, 5.74) is 13.6. The molecule has 0 saturated carbocycles. The maximum Gasteiger partial charge on any atom is 0.164 e. The molecular formula is C56H34N6S. The van der Waals surface area contributed by atoms with Gasteiger partial charge >= 0.3 is 0 Å². The van der Waals surface area contributed by atoms with Gasteiger partial charge in [0.1, 0.15) is 0 Å². The van der Waals surface area contributed by atoms with Crippen molar-refractivity contribution in [2.75, 3.05) is 0 Å². The summed E-state index contributed by atoms with van der Waals surface area (Å²) in [6.45, 7) is 0. The van der Waals surface area contributed by atoms with Crippen LogP contribution >= 0.6 is 11.3 Å². The second kappa shape index (κ2) is 14.3. The molecule has 3 heterocycles. The summed E-state index contributed by atoms with van der Waals surface area (Å²) in [4.78, 5) is 30.6. The third kappa shape index (κ3) is 5.92. The number of benzene rings is 8. The van der Waals surface area contributed by atoms with Gasteiger partial charge in [0.2, 0.25) is 0 Å². The minimum absolute atomic E-state index is 0.0357. The molecule has 7 heteroatoms. The van der Waals surface area contributed by atoms with E-state index in [9.17, 15) is 0 Å². The largest absolute Gasteiger partial charge is 0.208 e. The zero-order valence-electron chi connectivity index (χ0n) is 33.7. The van der Waals surface area contributed by atoms with Gasteiger partial charge in [-0.2, -0.15) is 0 Å². The number of thiophene rings is 1. The molecule has 2 unspecified atom stereocenters. The summed E-state index contributed by atoms with van der Waals surface area (Å²) in [5.74, 6) is 4.00. The van der Waals surface area contributed by atoms with Gasteiger partial charge in [-0.1, -0.05) is 170 Å². The van der Waals surface area contributed by atoms with Crippen LogP contribution in [0.4, 0.5) is 0 Å². The molecule has 0 radical (unpaired) electrons. The Morgan fingerprint density at radius 1 is 0.254 bits per heavy atom. The number of rotatable bonds is 6. The Balaban J connectivity index is 0.938. The van der Waals surface area contributed by atoms with Gasteiger partial charge in [0.25, 0.3) is 0 Å². The van der Waals surface area contributed by atoms with E-state index < -0.39 is 0 Å². The van der Waals surface area contributed by atoms with Crippen molar-refractivity contribution >= 4 is 31.5 Å². The molecule has 0 fully saturated rings. The fourth-order valence-corrected chi connectivity index (χ4v) is 10.8. The molecule has 2 bridgehead atoms. The number of fused-ring (bicyclic) bond motifs is 3. The molecule has 0 aliphatic heterocycles. The predicted octanol–water partition coefficient (Wildman–Crippen LogP) is 13.4. The molecule has 3 aliphatic rings.